The summed E-state index contributed by atoms with van der Waals surface area (Å²) in [7, 11) is 0. The monoisotopic (exact) mass is 314 g/mol. The molecule has 3 N–H and O–H groups in total. The van der Waals surface area contributed by atoms with Crippen LogP contribution in [0.4, 0.5) is 0 Å². The molecule has 23 heavy (non-hydrogen) atoms. The van der Waals surface area contributed by atoms with E-state index in [2.05, 4.69) is 34.1 Å². The number of aryl methyl sites for hydroxylation is 1. The molecular weight excluding hydrogens is 292 g/mol. The molecule has 0 saturated heterocycles. The van der Waals surface area contributed by atoms with Crippen molar-refractivity contribution in [2.24, 2.45) is 5.92 Å². The molecule has 2 aromatic rings. The number of amides is 1. The van der Waals surface area contributed by atoms with E-state index in [1.54, 1.807) is 12.3 Å². The smallest absolute Gasteiger partial charge is 0.247 e. The SMILES string of the molecule is CC(C)c1nc2c([nH]1)C[C@H](C(=O)NCc1ccc(=O)[nH]c1)CC2. The zero-order valence-electron chi connectivity index (χ0n) is 13.5. The summed E-state index contributed by atoms with van der Waals surface area (Å²) in [6.45, 7) is 4.65. The number of H-pyrrole nitrogens is 2. The molecule has 0 radical (unpaired) electrons. The summed E-state index contributed by atoms with van der Waals surface area (Å²) >= 11 is 0. The Morgan fingerprint density at radius 3 is 2.96 bits per heavy atom. The van der Waals surface area contributed by atoms with Crippen LogP contribution in [-0.4, -0.2) is 20.9 Å². The van der Waals surface area contributed by atoms with Crippen LogP contribution in [0.1, 0.15) is 49.0 Å². The number of fused-ring (bicyclic) bond motifs is 1. The van der Waals surface area contributed by atoms with Gasteiger partial charge in [-0.3, -0.25) is 9.59 Å². The van der Waals surface area contributed by atoms with Gasteiger partial charge in [-0.15, -0.1) is 0 Å². The van der Waals surface area contributed by atoms with Crippen LogP contribution < -0.4 is 10.9 Å². The summed E-state index contributed by atoms with van der Waals surface area (Å²) in [6.07, 6.45) is 4.01. The first-order valence-corrected chi connectivity index (χ1v) is 8.06. The molecule has 1 amide bonds. The molecule has 0 fully saturated rings. The number of hydrogen-bond acceptors (Lipinski definition) is 3. The average molecular weight is 314 g/mol. The van der Waals surface area contributed by atoms with Crippen LogP contribution in [0.2, 0.25) is 0 Å². The van der Waals surface area contributed by atoms with Crippen molar-refractivity contribution in [2.75, 3.05) is 0 Å². The van der Waals surface area contributed by atoms with E-state index in [4.69, 9.17) is 0 Å². The zero-order valence-corrected chi connectivity index (χ0v) is 13.5. The van der Waals surface area contributed by atoms with E-state index in [1.165, 1.54) is 6.07 Å². The van der Waals surface area contributed by atoms with Gasteiger partial charge >= 0.3 is 0 Å². The summed E-state index contributed by atoms with van der Waals surface area (Å²) in [5.41, 5.74) is 2.96. The molecule has 2 aromatic heterocycles. The quantitative estimate of drug-likeness (QED) is 0.801. The minimum absolute atomic E-state index is 0.0225. The molecule has 1 atom stereocenters. The third kappa shape index (κ3) is 3.52. The van der Waals surface area contributed by atoms with Crippen molar-refractivity contribution in [3.63, 3.8) is 0 Å². The minimum atomic E-state index is -0.139. The number of aromatic amines is 2. The van der Waals surface area contributed by atoms with E-state index in [0.717, 1.165) is 35.6 Å². The van der Waals surface area contributed by atoms with Crippen molar-refractivity contribution < 1.29 is 4.79 Å². The highest BCUT2D eigenvalue weighted by molar-refractivity contribution is 5.79. The highest BCUT2D eigenvalue weighted by Crippen LogP contribution is 2.26. The number of nitrogens with one attached hydrogen (secondary N) is 3. The van der Waals surface area contributed by atoms with Crippen LogP contribution in [0.3, 0.4) is 0 Å². The normalized spacial score (nSPS) is 17.1. The topological polar surface area (TPSA) is 90.6 Å². The van der Waals surface area contributed by atoms with E-state index >= 15 is 0 Å². The molecule has 6 heteroatoms. The van der Waals surface area contributed by atoms with Gasteiger partial charge in [-0.2, -0.15) is 0 Å². The molecule has 122 valence electrons. The molecule has 0 spiro atoms. The van der Waals surface area contributed by atoms with Gasteiger partial charge < -0.3 is 15.3 Å². The van der Waals surface area contributed by atoms with Crippen LogP contribution in [0.15, 0.2) is 23.1 Å². The number of carbonyl (C=O) groups is 1. The van der Waals surface area contributed by atoms with Crippen LogP contribution in [0, 0.1) is 5.92 Å². The van der Waals surface area contributed by atoms with Crippen molar-refractivity contribution in [3.05, 3.63) is 51.5 Å². The lowest BCUT2D eigenvalue weighted by Crippen LogP contribution is -2.33. The fourth-order valence-electron chi connectivity index (χ4n) is 2.89. The number of pyridine rings is 1. The number of hydrogen-bond donors (Lipinski definition) is 3. The number of imidazole rings is 1. The lowest BCUT2D eigenvalue weighted by Gasteiger charge is -2.20. The molecule has 6 nitrogen and oxygen atoms in total. The molecule has 0 saturated carbocycles. The molecule has 0 aliphatic heterocycles. The van der Waals surface area contributed by atoms with Crippen LogP contribution in [0.25, 0.3) is 0 Å². The second-order valence-electron chi connectivity index (χ2n) is 6.42. The van der Waals surface area contributed by atoms with E-state index in [0.29, 0.717) is 18.9 Å². The lowest BCUT2D eigenvalue weighted by atomic mass is 9.89. The number of nitrogens with zero attached hydrogens (tertiary/aromatic N) is 1. The molecule has 1 aliphatic rings. The van der Waals surface area contributed by atoms with Crippen molar-refractivity contribution in [2.45, 2.75) is 45.6 Å². The first-order valence-electron chi connectivity index (χ1n) is 8.06. The van der Waals surface area contributed by atoms with E-state index in [9.17, 15) is 9.59 Å². The Labute approximate surface area is 134 Å². The fourth-order valence-corrected chi connectivity index (χ4v) is 2.89. The maximum absolute atomic E-state index is 12.4. The predicted octanol–water partition coefficient (Wildman–Crippen LogP) is 1.64. The van der Waals surface area contributed by atoms with Gasteiger partial charge in [-0.25, -0.2) is 4.98 Å². The third-order valence-electron chi connectivity index (χ3n) is 4.30. The van der Waals surface area contributed by atoms with E-state index in [1.807, 2.05) is 0 Å². The Balaban J connectivity index is 1.60. The van der Waals surface area contributed by atoms with Crippen molar-refractivity contribution in [1.82, 2.24) is 20.3 Å². The molecule has 1 aliphatic carbocycles. The summed E-state index contributed by atoms with van der Waals surface area (Å²) in [5.74, 6) is 1.41. The first-order chi connectivity index (χ1) is 11.0. The van der Waals surface area contributed by atoms with Crippen LogP contribution in [-0.2, 0) is 24.2 Å². The molecule has 2 heterocycles. The number of carbonyl (C=O) groups excluding carboxylic acids is 1. The largest absolute Gasteiger partial charge is 0.352 e. The Kier molecular flexibility index (Phi) is 4.32. The van der Waals surface area contributed by atoms with Gasteiger partial charge in [0.15, 0.2) is 0 Å². The highest BCUT2D eigenvalue weighted by atomic mass is 16.2. The van der Waals surface area contributed by atoms with Gasteiger partial charge in [-0.1, -0.05) is 19.9 Å². The Hall–Kier alpha value is -2.37. The standard InChI is InChI=1S/C17H22N4O2/c1-10(2)16-20-13-5-4-12(7-14(13)21-16)17(23)19-9-11-3-6-15(22)18-8-11/h3,6,8,10,12H,4-5,7,9H2,1-2H3,(H,18,22)(H,19,23)(H,20,21)/t12-/m1/s1. The second kappa shape index (κ2) is 6.40. The minimum Gasteiger partial charge on any atom is -0.352 e. The predicted molar refractivity (Wildman–Crippen MR) is 87.1 cm³/mol. The Bertz CT molecular complexity index is 740. The van der Waals surface area contributed by atoms with Gasteiger partial charge in [-0.05, 0) is 18.4 Å². The van der Waals surface area contributed by atoms with Gasteiger partial charge in [0.05, 0.1) is 5.69 Å². The van der Waals surface area contributed by atoms with Gasteiger partial charge in [0.1, 0.15) is 5.82 Å². The summed E-state index contributed by atoms with van der Waals surface area (Å²) in [6, 6.07) is 3.19. The summed E-state index contributed by atoms with van der Waals surface area (Å²) in [4.78, 5) is 34.0. The molecule has 0 unspecified atom stereocenters. The van der Waals surface area contributed by atoms with Crippen molar-refractivity contribution in [3.8, 4) is 0 Å². The van der Waals surface area contributed by atoms with Crippen LogP contribution in [0.5, 0.6) is 0 Å². The summed E-state index contributed by atoms with van der Waals surface area (Å²) in [5, 5.41) is 2.95. The maximum atomic E-state index is 12.4. The number of aromatic nitrogens is 3. The summed E-state index contributed by atoms with van der Waals surface area (Å²) < 4.78 is 0. The molecule has 0 aromatic carbocycles. The first kappa shape index (κ1) is 15.5. The Morgan fingerprint density at radius 2 is 2.26 bits per heavy atom. The highest BCUT2D eigenvalue weighted by Gasteiger charge is 2.27. The Morgan fingerprint density at radius 1 is 1.43 bits per heavy atom. The average Bonchev–Trinajstić information content (AvgIpc) is 2.97. The number of rotatable bonds is 4. The maximum Gasteiger partial charge on any atom is 0.247 e. The van der Waals surface area contributed by atoms with Crippen LogP contribution >= 0.6 is 0 Å². The van der Waals surface area contributed by atoms with Gasteiger partial charge in [0, 0.05) is 42.8 Å². The third-order valence-corrected chi connectivity index (χ3v) is 4.30. The zero-order chi connectivity index (χ0) is 16.4. The fraction of sp³-hybridized carbons (Fsp3) is 0.471. The lowest BCUT2D eigenvalue weighted by molar-refractivity contribution is -0.125. The van der Waals surface area contributed by atoms with E-state index < -0.39 is 0 Å². The molecule has 3 rings (SSSR count). The van der Waals surface area contributed by atoms with E-state index in [-0.39, 0.29) is 17.4 Å². The molecule has 0 bridgehead atoms. The second-order valence-corrected chi connectivity index (χ2v) is 6.42. The van der Waals surface area contributed by atoms with Crippen molar-refractivity contribution in [1.29, 1.82) is 0 Å². The van der Waals surface area contributed by atoms with Gasteiger partial charge in [0.2, 0.25) is 11.5 Å². The van der Waals surface area contributed by atoms with Crippen molar-refractivity contribution >= 4 is 5.91 Å². The molecular formula is C17H22N4O2. The van der Waals surface area contributed by atoms with Gasteiger partial charge in [0.25, 0.3) is 0 Å².